The van der Waals surface area contributed by atoms with Gasteiger partial charge in [-0.25, -0.2) is 8.42 Å². The third-order valence-electron chi connectivity index (χ3n) is 5.95. The fourth-order valence-corrected chi connectivity index (χ4v) is 6.09. The highest BCUT2D eigenvalue weighted by Crippen LogP contribution is 2.30. The average Bonchev–Trinajstić information content (AvgIpc) is 2.82. The smallest absolute Gasteiger partial charge is 0.253 e. The summed E-state index contributed by atoms with van der Waals surface area (Å²) in [6.45, 7) is 3.41. The van der Waals surface area contributed by atoms with Crippen LogP contribution in [0.5, 0.6) is 11.5 Å². The Hall–Kier alpha value is -2.29. The van der Waals surface area contributed by atoms with Gasteiger partial charge in [0.2, 0.25) is 10.0 Å². The number of hydrogen-bond donors (Lipinski definition) is 0. The normalized spacial score (nSPS) is 16.9. The van der Waals surface area contributed by atoms with E-state index in [1.54, 1.807) is 32.2 Å². The number of amides is 1. The summed E-state index contributed by atoms with van der Waals surface area (Å²) in [6, 6.07) is 10.1. The van der Waals surface area contributed by atoms with Gasteiger partial charge in [0.05, 0.1) is 19.2 Å². The van der Waals surface area contributed by atoms with Gasteiger partial charge < -0.3 is 14.4 Å². The molecule has 1 aliphatic rings. The van der Waals surface area contributed by atoms with Gasteiger partial charge >= 0.3 is 0 Å². The average molecular weight is 495 g/mol. The molecule has 1 heterocycles. The van der Waals surface area contributed by atoms with E-state index < -0.39 is 10.0 Å². The van der Waals surface area contributed by atoms with Gasteiger partial charge in [-0.3, -0.25) is 4.79 Å². The van der Waals surface area contributed by atoms with Gasteiger partial charge in [-0.05, 0) is 61.1 Å². The van der Waals surface area contributed by atoms with Crippen molar-refractivity contribution in [3.05, 3.63) is 52.5 Å². The van der Waals surface area contributed by atoms with Crippen molar-refractivity contribution in [2.75, 3.05) is 40.9 Å². The van der Waals surface area contributed by atoms with Crippen molar-refractivity contribution in [3.8, 4) is 11.5 Å². The van der Waals surface area contributed by atoms with Crippen LogP contribution in [-0.2, 0) is 16.4 Å². The molecule has 0 N–H and O–H groups in total. The maximum Gasteiger partial charge on any atom is 0.253 e. The summed E-state index contributed by atoms with van der Waals surface area (Å²) in [6.07, 6.45) is 2.42. The Balaban J connectivity index is 1.75. The minimum absolute atomic E-state index is 0.0163. The number of methoxy groups -OCH3 is 2. The number of nitrogens with zero attached hydrogens (tertiary/aromatic N) is 2. The summed E-state index contributed by atoms with van der Waals surface area (Å²) >= 11 is 6.26. The number of hydrogen-bond acceptors (Lipinski definition) is 5. The van der Waals surface area contributed by atoms with Crippen molar-refractivity contribution in [1.29, 1.82) is 0 Å². The van der Waals surface area contributed by atoms with E-state index in [0.29, 0.717) is 43.5 Å². The third kappa shape index (κ3) is 5.80. The number of halogens is 1. The zero-order valence-corrected chi connectivity index (χ0v) is 21.1. The van der Waals surface area contributed by atoms with Crippen LogP contribution in [0.25, 0.3) is 0 Å². The van der Waals surface area contributed by atoms with Crippen molar-refractivity contribution in [2.24, 2.45) is 5.92 Å². The molecule has 9 heteroatoms. The second-order valence-corrected chi connectivity index (χ2v) is 10.7. The van der Waals surface area contributed by atoms with Crippen LogP contribution in [0.15, 0.2) is 41.3 Å². The number of ether oxygens (including phenoxy) is 2. The molecule has 1 fully saturated rings. The number of piperidine rings is 1. The molecule has 180 valence electrons. The molecule has 1 saturated heterocycles. The lowest BCUT2D eigenvalue weighted by molar-refractivity contribution is 0.0796. The summed E-state index contributed by atoms with van der Waals surface area (Å²) in [4.78, 5) is 14.6. The summed E-state index contributed by atoms with van der Waals surface area (Å²) in [5, 5.41) is 0.123. The van der Waals surface area contributed by atoms with Gasteiger partial charge in [0.15, 0.2) is 11.5 Å². The standard InChI is InChI=1S/C24H31ClN2O5S/c1-17-6-5-12-27(16-17)33(29,30)23-15-19(8-9-20(23)25)24(28)26(2)13-11-18-7-10-21(31-3)22(14-18)32-4/h7-10,14-15,17H,5-6,11-13,16H2,1-4H3. The van der Waals surface area contributed by atoms with E-state index in [1.807, 2.05) is 25.1 Å². The zero-order valence-electron chi connectivity index (χ0n) is 19.5. The molecule has 0 spiro atoms. The highest BCUT2D eigenvalue weighted by atomic mass is 35.5. The molecule has 1 atom stereocenters. The Bertz CT molecular complexity index is 1110. The van der Waals surface area contributed by atoms with Crippen LogP contribution in [0.2, 0.25) is 5.02 Å². The van der Waals surface area contributed by atoms with Gasteiger partial charge in [0.1, 0.15) is 4.90 Å². The molecular weight excluding hydrogens is 464 g/mol. The maximum absolute atomic E-state index is 13.2. The molecule has 1 unspecified atom stereocenters. The first-order valence-corrected chi connectivity index (χ1v) is 12.7. The fraction of sp³-hybridized carbons (Fsp3) is 0.458. The number of likely N-dealkylation sites (N-methyl/N-ethyl adjacent to an activating group) is 1. The largest absolute Gasteiger partial charge is 0.493 e. The van der Waals surface area contributed by atoms with E-state index in [1.165, 1.54) is 16.4 Å². The van der Waals surface area contributed by atoms with Crippen LogP contribution in [-0.4, -0.2) is 64.4 Å². The first kappa shape index (κ1) is 25.3. The Labute approximate surface area is 201 Å². The van der Waals surface area contributed by atoms with E-state index in [4.69, 9.17) is 21.1 Å². The molecule has 2 aromatic rings. The van der Waals surface area contributed by atoms with Crippen LogP contribution in [0.1, 0.15) is 35.7 Å². The monoisotopic (exact) mass is 494 g/mol. The molecule has 0 saturated carbocycles. The van der Waals surface area contributed by atoms with Crippen molar-refractivity contribution in [1.82, 2.24) is 9.21 Å². The lowest BCUT2D eigenvalue weighted by Crippen LogP contribution is -2.39. The minimum Gasteiger partial charge on any atom is -0.493 e. The summed E-state index contributed by atoms with van der Waals surface area (Å²) in [7, 11) is 1.08. The topological polar surface area (TPSA) is 76.2 Å². The summed E-state index contributed by atoms with van der Waals surface area (Å²) in [5.41, 5.74) is 1.28. The van der Waals surface area contributed by atoms with Crippen molar-refractivity contribution >= 4 is 27.5 Å². The Morgan fingerprint density at radius 3 is 2.55 bits per heavy atom. The maximum atomic E-state index is 13.2. The van der Waals surface area contributed by atoms with E-state index in [9.17, 15) is 13.2 Å². The van der Waals surface area contributed by atoms with Crippen LogP contribution in [0.4, 0.5) is 0 Å². The Kier molecular flexibility index (Phi) is 8.26. The van der Waals surface area contributed by atoms with Gasteiger partial charge in [0, 0.05) is 32.2 Å². The molecule has 0 aromatic heterocycles. The number of benzene rings is 2. The number of carbonyl (C=O) groups excluding carboxylic acids is 1. The first-order valence-electron chi connectivity index (χ1n) is 10.9. The Morgan fingerprint density at radius 1 is 1.15 bits per heavy atom. The Morgan fingerprint density at radius 2 is 1.88 bits per heavy atom. The third-order valence-corrected chi connectivity index (χ3v) is 8.29. The van der Waals surface area contributed by atoms with Crippen LogP contribution < -0.4 is 9.47 Å². The second-order valence-electron chi connectivity index (χ2n) is 8.42. The molecule has 7 nitrogen and oxygen atoms in total. The zero-order chi connectivity index (χ0) is 24.2. The molecule has 33 heavy (non-hydrogen) atoms. The number of rotatable bonds is 8. The molecule has 0 aliphatic carbocycles. The molecular formula is C24H31ClN2O5S. The number of sulfonamides is 1. The van der Waals surface area contributed by atoms with Gasteiger partial charge in [-0.2, -0.15) is 4.31 Å². The van der Waals surface area contributed by atoms with E-state index in [-0.39, 0.29) is 21.4 Å². The van der Waals surface area contributed by atoms with Gasteiger partial charge in [0.25, 0.3) is 5.91 Å². The SMILES string of the molecule is COc1ccc(CCN(C)C(=O)c2ccc(Cl)c(S(=O)(=O)N3CCCC(C)C3)c2)cc1OC. The fourth-order valence-electron chi connectivity index (χ4n) is 3.99. The summed E-state index contributed by atoms with van der Waals surface area (Å²) in [5.74, 6) is 1.29. The predicted octanol–water partition coefficient (Wildman–Crippen LogP) is 4.09. The molecule has 1 amide bonds. The van der Waals surface area contributed by atoms with Crippen LogP contribution >= 0.6 is 11.6 Å². The predicted molar refractivity (Wildman–Crippen MR) is 129 cm³/mol. The quantitative estimate of drug-likeness (QED) is 0.552. The van der Waals surface area contributed by atoms with Crippen molar-refractivity contribution in [2.45, 2.75) is 31.1 Å². The van der Waals surface area contributed by atoms with E-state index in [2.05, 4.69) is 0 Å². The number of carbonyl (C=O) groups is 1. The van der Waals surface area contributed by atoms with Crippen molar-refractivity contribution < 1.29 is 22.7 Å². The molecule has 0 bridgehead atoms. The molecule has 3 rings (SSSR count). The van der Waals surface area contributed by atoms with Crippen LogP contribution in [0, 0.1) is 5.92 Å². The first-order chi connectivity index (χ1) is 15.7. The lowest BCUT2D eigenvalue weighted by atomic mass is 10.0. The molecule has 2 aromatic carbocycles. The molecule has 0 radical (unpaired) electrons. The van der Waals surface area contributed by atoms with E-state index >= 15 is 0 Å². The summed E-state index contributed by atoms with van der Waals surface area (Å²) < 4.78 is 38.5. The minimum atomic E-state index is -3.77. The van der Waals surface area contributed by atoms with Gasteiger partial charge in [-0.15, -0.1) is 0 Å². The van der Waals surface area contributed by atoms with Gasteiger partial charge in [-0.1, -0.05) is 24.6 Å². The van der Waals surface area contributed by atoms with Crippen molar-refractivity contribution in [3.63, 3.8) is 0 Å². The highest BCUT2D eigenvalue weighted by Gasteiger charge is 2.31. The highest BCUT2D eigenvalue weighted by molar-refractivity contribution is 7.89. The second kappa shape index (κ2) is 10.8. The molecule has 1 aliphatic heterocycles. The lowest BCUT2D eigenvalue weighted by Gasteiger charge is -2.30. The van der Waals surface area contributed by atoms with E-state index in [0.717, 1.165) is 18.4 Å². The van der Waals surface area contributed by atoms with Crippen LogP contribution in [0.3, 0.4) is 0 Å².